The molecule has 2 rings (SSSR count). The van der Waals surface area contributed by atoms with Gasteiger partial charge in [0.05, 0.1) is 0 Å². The van der Waals surface area contributed by atoms with Crippen LogP contribution in [0.1, 0.15) is 30.8 Å². The summed E-state index contributed by atoms with van der Waals surface area (Å²) in [5.74, 6) is 1.39. The van der Waals surface area contributed by atoms with Gasteiger partial charge in [-0.05, 0) is 48.7 Å². The number of hydrogen-bond acceptors (Lipinski definition) is 2. The molecule has 0 unspecified atom stereocenters. The molecule has 1 amide bonds. The monoisotopic (exact) mass is 291 g/mol. The number of hydrogen-bond donors (Lipinski definition) is 1. The van der Waals surface area contributed by atoms with E-state index in [1.165, 1.54) is 0 Å². The van der Waals surface area contributed by atoms with Crippen molar-refractivity contribution in [1.29, 1.82) is 0 Å². The third-order valence-corrected chi connectivity index (χ3v) is 3.22. The van der Waals surface area contributed by atoms with Gasteiger partial charge in [-0.2, -0.15) is 0 Å². The summed E-state index contributed by atoms with van der Waals surface area (Å²) >= 11 is 5.84. The van der Waals surface area contributed by atoms with E-state index in [9.17, 15) is 4.79 Å². The Bertz CT molecular complexity index is 572. The number of carbonyl (C=O) groups excluding carboxylic acids is 1. The van der Waals surface area contributed by atoms with Crippen molar-refractivity contribution in [3.8, 4) is 11.3 Å². The molecule has 3 nitrogen and oxygen atoms in total. The van der Waals surface area contributed by atoms with Crippen LogP contribution >= 0.6 is 11.6 Å². The molecule has 1 aromatic carbocycles. The van der Waals surface area contributed by atoms with Crippen LogP contribution in [0.25, 0.3) is 11.3 Å². The van der Waals surface area contributed by atoms with Crippen LogP contribution in [-0.4, -0.2) is 12.5 Å². The molecule has 1 heterocycles. The second-order valence-electron chi connectivity index (χ2n) is 5.11. The lowest BCUT2D eigenvalue weighted by Gasteiger charge is -2.05. The molecule has 0 fully saturated rings. The Morgan fingerprint density at radius 3 is 2.55 bits per heavy atom. The maximum atomic E-state index is 11.9. The second kappa shape index (κ2) is 6.62. The Hall–Kier alpha value is -1.74. The first kappa shape index (κ1) is 14.7. The summed E-state index contributed by atoms with van der Waals surface area (Å²) in [6, 6.07) is 10.8. The van der Waals surface area contributed by atoms with Gasteiger partial charge in [0.15, 0.2) is 5.76 Å². The molecule has 0 radical (unpaired) electrons. The highest BCUT2D eigenvalue weighted by molar-refractivity contribution is 6.30. The number of furan rings is 1. The van der Waals surface area contributed by atoms with Crippen LogP contribution in [0.4, 0.5) is 0 Å². The number of rotatable bonds is 5. The SMILES string of the molecule is CC(C)CCNC(=O)c1ccc(-c2ccc(Cl)cc2)o1. The van der Waals surface area contributed by atoms with Gasteiger partial charge in [-0.3, -0.25) is 4.79 Å². The maximum absolute atomic E-state index is 11.9. The van der Waals surface area contributed by atoms with Gasteiger partial charge in [0, 0.05) is 17.1 Å². The highest BCUT2D eigenvalue weighted by Gasteiger charge is 2.11. The Balaban J connectivity index is 2.01. The van der Waals surface area contributed by atoms with Crippen molar-refractivity contribution < 1.29 is 9.21 Å². The van der Waals surface area contributed by atoms with E-state index >= 15 is 0 Å². The minimum Gasteiger partial charge on any atom is -0.451 e. The quantitative estimate of drug-likeness (QED) is 0.888. The van der Waals surface area contributed by atoms with Gasteiger partial charge in [0.1, 0.15) is 5.76 Å². The summed E-state index contributed by atoms with van der Waals surface area (Å²) in [5, 5.41) is 3.52. The van der Waals surface area contributed by atoms with E-state index in [0.717, 1.165) is 12.0 Å². The highest BCUT2D eigenvalue weighted by atomic mass is 35.5. The molecular formula is C16H18ClNO2. The zero-order chi connectivity index (χ0) is 14.5. The summed E-state index contributed by atoms with van der Waals surface area (Å²) in [6.07, 6.45) is 0.955. The summed E-state index contributed by atoms with van der Waals surface area (Å²) < 4.78 is 5.57. The second-order valence-corrected chi connectivity index (χ2v) is 5.55. The van der Waals surface area contributed by atoms with Crippen molar-refractivity contribution in [3.63, 3.8) is 0 Å². The number of nitrogens with one attached hydrogen (secondary N) is 1. The first-order valence-corrected chi connectivity index (χ1v) is 7.08. The zero-order valence-electron chi connectivity index (χ0n) is 11.7. The van der Waals surface area contributed by atoms with Crippen molar-refractivity contribution in [2.45, 2.75) is 20.3 Å². The fourth-order valence-corrected chi connectivity index (χ4v) is 1.92. The molecule has 0 saturated heterocycles. The summed E-state index contributed by atoms with van der Waals surface area (Å²) in [7, 11) is 0. The van der Waals surface area contributed by atoms with Crippen LogP contribution in [0.15, 0.2) is 40.8 Å². The van der Waals surface area contributed by atoms with E-state index in [4.69, 9.17) is 16.0 Å². The predicted octanol–water partition coefficient (Wildman–Crippen LogP) is 4.38. The van der Waals surface area contributed by atoms with Gasteiger partial charge in [0.25, 0.3) is 5.91 Å². The topological polar surface area (TPSA) is 42.2 Å². The van der Waals surface area contributed by atoms with E-state index < -0.39 is 0 Å². The van der Waals surface area contributed by atoms with E-state index in [2.05, 4.69) is 19.2 Å². The molecule has 106 valence electrons. The molecule has 0 saturated carbocycles. The van der Waals surface area contributed by atoms with E-state index in [0.29, 0.717) is 29.0 Å². The molecule has 0 aliphatic carbocycles. The largest absolute Gasteiger partial charge is 0.451 e. The molecule has 0 spiro atoms. The standard InChI is InChI=1S/C16H18ClNO2/c1-11(2)9-10-18-16(19)15-8-7-14(20-15)12-3-5-13(17)6-4-12/h3-8,11H,9-10H2,1-2H3,(H,18,19). The molecule has 0 aliphatic rings. The summed E-state index contributed by atoms with van der Waals surface area (Å²) in [5.41, 5.74) is 0.899. The lowest BCUT2D eigenvalue weighted by atomic mass is 10.1. The Labute approximate surface area is 123 Å². The number of halogens is 1. The molecule has 1 N–H and O–H groups in total. The molecule has 1 aromatic heterocycles. The van der Waals surface area contributed by atoms with Gasteiger partial charge in [-0.25, -0.2) is 0 Å². The Kier molecular flexibility index (Phi) is 4.85. The fraction of sp³-hybridized carbons (Fsp3) is 0.312. The van der Waals surface area contributed by atoms with Crippen molar-refractivity contribution in [2.75, 3.05) is 6.54 Å². The minimum atomic E-state index is -0.175. The van der Waals surface area contributed by atoms with Crippen LogP contribution in [0.2, 0.25) is 5.02 Å². The van der Waals surface area contributed by atoms with Crippen molar-refractivity contribution >= 4 is 17.5 Å². The molecule has 20 heavy (non-hydrogen) atoms. The van der Waals surface area contributed by atoms with Crippen molar-refractivity contribution in [2.24, 2.45) is 5.92 Å². The minimum absolute atomic E-state index is 0.175. The van der Waals surface area contributed by atoms with Gasteiger partial charge >= 0.3 is 0 Å². The van der Waals surface area contributed by atoms with E-state index in [-0.39, 0.29) is 5.91 Å². The number of benzene rings is 1. The first-order chi connectivity index (χ1) is 9.56. The van der Waals surface area contributed by atoms with Crippen LogP contribution in [0.5, 0.6) is 0 Å². The maximum Gasteiger partial charge on any atom is 0.287 e. The first-order valence-electron chi connectivity index (χ1n) is 6.70. The van der Waals surface area contributed by atoms with Gasteiger partial charge in [-0.1, -0.05) is 25.4 Å². The molecule has 2 aromatic rings. The molecule has 4 heteroatoms. The van der Waals surface area contributed by atoms with Crippen molar-refractivity contribution in [3.05, 3.63) is 47.2 Å². The van der Waals surface area contributed by atoms with Gasteiger partial charge in [0.2, 0.25) is 0 Å². The summed E-state index contributed by atoms with van der Waals surface area (Å²) in [6.45, 7) is 4.91. The fourth-order valence-electron chi connectivity index (χ4n) is 1.79. The average Bonchev–Trinajstić information content (AvgIpc) is 2.88. The lowest BCUT2D eigenvalue weighted by molar-refractivity contribution is 0.0925. The predicted molar refractivity (Wildman–Crippen MR) is 80.9 cm³/mol. The van der Waals surface area contributed by atoms with Gasteiger partial charge in [-0.15, -0.1) is 0 Å². The third kappa shape index (κ3) is 3.87. The highest BCUT2D eigenvalue weighted by Crippen LogP contribution is 2.23. The Morgan fingerprint density at radius 2 is 1.90 bits per heavy atom. The molecular weight excluding hydrogens is 274 g/mol. The van der Waals surface area contributed by atoms with E-state index in [1.807, 2.05) is 12.1 Å². The number of amides is 1. The van der Waals surface area contributed by atoms with Crippen LogP contribution in [-0.2, 0) is 0 Å². The zero-order valence-corrected chi connectivity index (χ0v) is 12.4. The lowest BCUT2D eigenvalue weighted by Crippen LogP contribution is -2.24. The normalized spacial score (nSPS) is 10.8. The van der Waals surface area contributed by atoms with Gasteiger partial charge < -0.3 is 9.73 Å². The summed E-state index contributed by atoms with van der Waals surface area (Å²) in [4.78, 5) is 11.9. The molecule has 0 bridgehead atoms. The van der Waals surface area contributed by atoms with Crippen LogP contribution in [0, 0.1) is 5.92 Å². The molecule has 0 atom stereocenters. The average molecular weight is 292 g/mol. The Morgan fingerprint density at radius 1 is 1.20 bits per heavy atom. The van der Waals surface area contributed by atoms with Crippen LogP contribution < -0.4 is 5.32 Å². The van der Waals surface area contributed by atoms with E-state index in [1.54, 1.807) is 24.3 Å². The van der Waals surface area contributed by atoms with Crippen LogP contribution in [0.3, 0.4) is 0 Å². The van der Waals surface area contributed by atoms with Crippen molar-refractivity contribution in [1.82, 2.24) is 5.32 Å². The third-order valence-electron chi connectivity index (χ3n) is 2.97. The molecule has 0 aliphatic heterocycles. The number of carbonyl (C=O) groups is 1. The smallest absolute Gasteiger partial charge is 0.287 e.